The summed E-state index contributed by atoms with van der Waals surface area (Å²) in [4.78, 5) is -2.58. The van der Waals surface area contributed by atoms with Crippen LogP contribution < -0.4 is 0 Å². The normalized spacial score (nSPS) is 11.3. The molecule has 0 saturated heterocycles. The van der Waals surface area contributed by atoms with Crippen LogP contribution >= 0.6 is 11.6 Å². The third kappa shape index (κ3) is 5.00. The summed E-state index contributed by atoms with van der Waals surface area (Å²) in [6.45, 7) is 0. The van der Waals surface area contributed by atoms with Crippen LogP contribution in [0.5, 0.6) is 11.5 Å². The van der Waals surface area contributed by atoms with Crippen molar-refractivity contribution in [3.05, 3.63) is 11.1 Å². The quantitative estimate of drug-likeness (QED) is 0.299. The zero-order valence-electron chi connectivity index (χ0n) is 7.69. The summed E-state index contributed by atoms with van der Waals surface area (Å²) in [5.41, 5.74) is 0. The molecule has 1 rings (SSSR count). The Kier molecular flexibility index (Phi) is 8.50. The Bertz CT molecular complexity index is 684. The third-order valence-corrected chi connectivity index (χ3v) is 4.08. The molecule has 0 aliphatic rings. The SMILES string of the molecule is O=S(=O)(O)c1cc(O)c(O)c(S(=O)(=O)O)c1Cl.[NaH].[NaH]. The van der Waals surface area contributed by atoms with E-state index in [0.717, 1.165) is 0 Å². The predicted octanol–water partition coefficient (Wildman–Crippen LogP) is -1.05. The number of aromatic hydroxyl groups is 2. The van der Waals surface area contributed by atoms with Crippen LogP contribution in [0.2, 0.25) is 5.02 Å². The predicted molar refractivity (Wildman–Crippen MR) is 68.7 cm³/mol. The number of phenols is 2. The fourth-order valence-electron chi connectivity index (χ4n) is 1.01. The molecule has 0 atom stereocenters. The van der Waals surface area contributed by atoms with Crippen LogP contribution in [-0.4, -0.2) is 95.3 Å². The van der Waals surface area contributed by atoms with Gasteiger partial charge in [-0.2, -0.15) is 16.8 Å². The molecule has 0 spiro atoms. The van der Waals surface area contributed by atoms with Gasteiger partial charge in [0.15, 0.2) is 16.4 Å². The Balaban J connectivity index is 0. The Morgan fingerprint density at radius 1 is 0.947 bits per heavy atom. The molecule has 0 heterocycles. The van der Waals surface area contributed by atoms with Crippen LogP contribution in [0, 0.1) is 0 Å². The van der Waals surface area contributed by atoms with Gasteiger partial charge < -0.3 is 10.2 Å². The van der Waals surface area contributed by atoms with Crippen molar-refractivity contribution in [1.82, 2.24) is 0 Å². The molecule has 0 unspecified atom stereocenters. The van der Waals surface area contributed by atoms with Crippen molar-refractivity contribution >= 4 is 91.0 Å². The van der Waals surface area contributed by atoms with Crippen LogP contribution in [0.4, 0.5) is 0 Å². The summed E-state index contributed by atoms with van der Waals surface area (Å²) < 4.78 is 60.7. The molecule has 0 saturated carbocycles. The molecule has 19 heavy (non-hydrogen) atoms. The van der Waals surface area contributed by atoms with Gasteiger partial charge in [0.25, 0.3) is 20.2 Å². The van der Waals surface area contributed by atoms with Crippen molar-refractivity contribution in [2.75, 3.05) is 0 Å². The fraction of sp³-hybridized carbons (Fsp3) is 0. The number of phenolic OH excluding ortho intramolecular Hbond substituents is 2. The Morgan fingerprint density at radius 3 is 1.68 bits per heavy atom. The average molecular weight is 353 g/mol. The minimum atomic E-state index is -5.09. The number of hydrogen-bond donors (Lipinski definition) is 4. The van der Waals surface area contributed by atoms with E-state index in [4.69, 9.17) is 30.9 Å². The zero-order chi connectivity index (χ0) is 13.6. The molecule has 0 fully saturated rings. The molecule has 0 bridgehead atoms. The summed E-state index contributed by atoms with van der Waals surface area (Å²) in [7, 11) is -10.0. The molecule has 1 aromatic carbocycles. The number of benzene rings is 1. The molecule has 0 amide bonds. The number of hydrogen-bond acceptors (Lipinski definition) is 6. The van der Waals surface area contributed by atoms with E-state index in [0.29, 0.717) is 6.07 Å². The molecule has 8 nitrogen and oxygen atoms in total. The topological polar surface area (TPSA) is 149 Å². The number of rotatable bonds is 2. The Hall–Kier alpha value is 0.930. The van der Waals surface area contributed by atoms with Crippen LogP contribution in [0.3, 0.4) is 0 Å². The standard InChI is InChI=1S/C6H5ClO8S2.2Na.2H/c7-4-3(16(10,11)12)1-2(8)5(9)6(4)17(13,14)15;;;;/h1,8-9H,(H,10,11,12)(H,13,14,15);;;;. The van der Waals surface area contributed by atoms with Crippen molar-refractivity contribution in [2.24, 2.45) is 0 Å². The monoisotopic (exact) mass is 352 g/mol. The van der Waals surface area contributed by atoms with E-state index < -0.39 is 46.5 Å². The summed E-state index contributed by atoms with van der Waals surface area (Å²) in [5, 5.41) is 17.1. The molecular weight excluding hydrogens is 346 g/mol. The molecule has 100 valence electrons. The van der Waals surface area contributed by atoms with Gasteiger partial charge in [-0.25, -0.2) is 0 Å². The molecule has 13 heteroatoms. The van der Waals surface area contributed by atoms with Gasteiger partial charge in [-0.05, 0) is 0 Å². The summed E-state index contributed by atoms with van der Waals surface area (Å²) in [5.74, 6) is -2.51. The minimum absolute atomic E-state index is 0. The van der Waals surface area contributed by atoms with E-state index >= 15 is 0 Å². The van der Waals surface area contributed by atoms with Gasteiger partial charge in [0.2, 0.25) is 0 Å². The first kappa shape index (κ1) is 22.2. The molecular formula is C6H7ClNa2O8S2. The first-order chi connectivity index (χ1) is 7.46. The van der Waals surface area contributed by atoms with E-state index in [1.165, 1.54) is 0 Å². The van der Waals surface area contributed by atoms with Gasteiger partial charge in [-0.1, -0.05) is 11.6 Å². The van der Waals surface area contributed by atoms with E-state index in [1.54, 1.807) is 0 Å². The fourth-order valence-corrected chi connectivity index (χ4v) is 3.08. The number of halogens is 1. The first-order valence-corrected chi connectivity index (χ1v) is 6.91. The van der Waals surface area contributed by atoms with Crippen molar-refractivity contribution < 1.29 is 36.2 Å². The summed E-state index contributed by atoms with van der Waals surface area (Å²) in [6, 6.07) is 0.335. The van der Waals surface area contributed by atoms with Gasteiger partial charge in [-0.3, -0.25) is 9.11 Å². The second-order valence-corrected chi connectivity index (χ2v) is 5.96. The van der Waals surface area contributed by atoms with Crippen molar-refractivity contribution in [3.63, 3.8) is 0 Å². The van der Waals surface area contributed by atoms with Crippen LogP contribution in [0.25, 0.3) is 0 Å². The van der Waals surface area contributed by atoms with Gasteiger partial charge in [0.1, 0.15) is 4.90 Å². The van der Waals surface area contributed by atoms with E-state index in [1.807, 2.05) is 0 Å². The molecule has 0 aromatic heterocycles. The molecule has 0 radical (unpaired) electrons. The third-order valence-electron chi connectivity index (χ3n) is 1.68. The summed E-state index contributed by atoms with van der Waals surface area (Å²) >= 11 is 5.31. The zero-order valence-corrected chi connectivity index (χ0v) is 10.1. The summed E-state index contributed by atoms with van der Waals surface area (Å²) in [6.07, 6.45) is 0. The molecule has 1 aromatic rings. The molecule has 4 N–H and O–H groups in total. The van der Waals surface area contributed by atoms with Gasteiger partial charge >= 0.3 is 59.1 Å². The van der Waals surface area contributed by atoms with E-state index in [-0.39, 0.29) is 59.1 Å². The maximum absolute atomic E-state index is 10.8. The second-order valence-electron chi connectivity index (χ2n) is 2.84. The second kappa shape index (κ2) is 7.27. The van der Waals surface area contributed by atoms with Crippen LogP contribution in [-0.2, 0) is 20.2 Å². The van der Waals surface area contributed by atoms with Crippen molar-refractivity contribution in [3.8, 4) is 11.5 Å². The van der Waals surface area contributed by atoms with Gasteiger partial charge in [0.05, 0.1) is 5.02 Å². The van der Waals surface area contributed by atoms with Crippen LogP contribution in [0.15, 0.2) is 15.9 Å². The first-order valence-electron chi connectivity index (χ1n) is 3.65. The van der Waals surface area contributed by atoms with Crippen molar-refractivity contribution in [2.45, 2.75) is 9.79 Å². The molecule has 0 aliphatic carbocycles. The van der Waals surface area contributed by atoms with Crippen molar-refractivity contribution in [1.29, 1.82) is 0 Å². The van der Waals surface area contributed by atoms with Gasteiger partial charge in [0, 0.05) is 6.07 Å². The Morgan fingerprint density at radius 2 is 1.37 bits per heavy atom. The van der Waals surface area contributed by atoms with E-state index in [2.05, 4.69) is 0 Å². The average Bonchev–Trinajstić information content (AvgIpc) is 2.07. The molecule has 0 aliphatic heterocycles. The van der Waals surface area contributed by atoms with Crippen LogP contribution in [0.1, 0.15) is 0 Å². The Labute approximate surface area is 157 Å². The van der Waals surface area contributed by atoms with Gasteiger partial charge in [-0.15, -0.1) is 0 Å². The van der Waals surface area contributed by atoms with E-state index in [9.17, 15) is 16.8 Å². The maximum atomic E-state index is 10.8.